The number of hydrazine groups is 1. The standard InChI is InChI=1S/C15H24BrFN2/c1-3-5-6-11(4-2)9-15(19-18)13-10-12(16)7-8-14(13)17/h7-8,10-11,15,19H,3-6,9,18H2,1-2H3. The van der Waals surface area contributed by atoms with E-state index < -0.39 is 0 Å². The molecule has 0 heterocycles. The molecule has 0 aliphatic rings. The van der Waals surface area contributed by atoms with Gasteiger partial charge in [-0.2, -0.15) is 0 Å². The number of nitrogens with two attached hydrogens (primary N) is 1. The lowest BCUT2D eigenvalue weighted by atomic mass is 9.89. The summed E-state index contributed by atoms with van der Waals surface area (Å²) in [5, 5.41) is 0. The van der Waals surface area contributed by atoms with Crippen molar-refractivity contribution in [3.63, 3.8) is 0 Å². The summed E-state index contributed by atoms with van der Waals surface area (Å²) in [4.78, 5) is 0. The van der Waals surface area contributed by atoms with E-state index in [0.29, 0.717) is 11.5 Å². The highest BCUT2D eigenvalue weighted by atomic mass is 79.9. The minimum absolute atomic E-state index is 0.126. The van der Waals surface area contributed by atoms with Gasteiger partial charge in [0, 0.05) is 16.1 Å². The molecule has 2 unspecified atom stereocenters. The van der Waals surface area contributed by atoms with Crippen LogP contribution in [0.3, 0.4) is 0 Å². The highest BCUT2D eigenvalue weighted by molar-refractivity contribution is 9.10. The molecule has 0 aromatic heterocycles. The maximum absolute atomic E-state index is 13.9. The van der Waals surface area contributed by atoms with Gasteiger partial charge in [-0.1, -0.05) is 55.5 Å². The minimum Gasteiger partial charge on any atom is -0.271 e. The first kappa shape index (κ1) is 16.6. The number of benzene rings is 1. The minimum atomic E-state index is -0.198. The molecule has 108 valence electrons. The van der Waals surface area contributed by atoms with Crippen molar-refractivity contribution >= 4 is 15.9 Å². The molecule has 4 heteroatoms. The molecule has 19 heavy (non-hydrogen) atoms. The lowest BCUT2D eigenvalue weighted by molar-refractivity contribution is 0.350. The fourth-order valence-electron chi connectivity index (χ4n) is 2.38. The van der Waals surface area contributed by atoms with Crippen LogP contribution in [0.4, 0.5) is 4.39 Å². The number of unbranched alkanes of at least 4 members (excludes halogenated alkanes) is 1. The first-order chi connectivity index (χ1) is 9.12. The highest BCUT2D eigenvalue weighted by Gasteiger charge is 2.19. The Morgan fingerprint density at radius 2 is 2.11 bits per heavy atom. The molecular formula is C15H24BrFN2. The van der Waals surface area contributed by atoms with Crippen molar-refractivity contribution in [2.45, 2.75) is 52.0 Å². The van der Waals surface area contributed by atoms with Crippen molar-refractivity contribution in [2.24, 2.45) is 11.8 Å². The zero-order chi connectivity index (χ0) is 14.3. The van der Waals surface area contributed by atoms with Gasteiger partial charge in [0.25, 0.3) is 0 Å². The van der Waals surface area contributed by atoms with Gasteiger partial charge in [0.15, 0.2) is 0 Å². The molecular weight excluding hydrogens is 307 g/mol. The molecule has 0 saturated heterocycles. The van der Waals surface area contributed by atoms with Crippen LogP contribution in [0.25, 0.3) is 0 Å². The third kappa shape index (κ3) is 5.21. The van der Waals surface area contributed by atoms with Crippen molar-refractivity contribution in [1.29, 1.82) is 0 Å². The Bertz CT molecular complexity index is 384. The second-order valence-corrected chi connectivity index (χ2v) is 5.95. The van der Waals surface area contributed by atoms with Crippen LogP contribution in [0.2, 0.25) is 0 Å². The smallest absolute Gasteiger partial charge is 0.128 e. The average molecular weight is 331 g/mol. The van der Waals surface area contributed by atoms with Gasteiger partial charge in [0.2, 0.25) is 0 Å². The van der Waals surface area contributed by atoms with Crippen LogP contribution in [0.1, 0.15) is 57.6 Å². The van der Waals surface area contributed by atoms with Gasteiger partial charge in [-0.3, -0.25) is 11.3 Å². The molecule has 0 saturated carbocycles. The quantitative estimate of drug-likeness (QED) is 0.535. The van der Waals surface area contributed by atoms with Gasteiger partial charge in [0.05, 0.1) is 0 Å². The zero-order valence-corrected chi connectivity index (χ0v) is 13.3. The Hall–Kier alpha value is -0.450. The summed E-state index contributed by atoms with van der Waals surface area (Å²) in [5.74, 6) is 6.01. The second kappa shape index (κ2) is 8.67. The van der Waals surface area contributed by atoms with Crippen LogP contribution in [0, 0.1) is 11.7 Å². The fourth-order valence-corrected chi connectivity index (χ4v) is 2.76. The van der Waals surface area contributed by atoms with Gasteiger partial charge in [-0.15, -0.1) is 0 Å². The van der Waals surface area contributed by atoms with Gasteiger partial charge >= 0.3 is 0 Å². The van der Waals surface area contributed by atoms with Gasteiger partial charge in [-0.25, -0.2) is 4.39 Å². The fraction of sp³-hybridized carbons (Fsp3) is 0.600. The molecule has 0 amide bonds. The monoisotopic (exact) mass is 330 g/mol. The molecule has 3 N–H and O–H groups in total. The summed E-state index contributed by atoms with van der Waals surface area (Å²) in [6.45, 7) is 4.38. The Balaban J connectivity index is 2.78. The van der Waals surface area contributed by atoms with Crippen molar-refractivity contribution in [2.75, 3.05) is 0 Å². The number of halogens is 2. The van der Waals surface area contributed by atoms with Gasteiger partial charge in [-0.05, 0) is 30.5 Å². The molecule has 1 aromatic rings. The molecule has 0 aliphatic heterocycles. The van der Waals surface area contributed by atoms with Crippen molar-refractivity contribution in [3.05, 3.63) is 34.1 Å². The zero-order valence-electron chi connectivity index (χ0n) is 11.8. The Morgan fingerprint density at radius 3 is 2.68 bits per heavy atom. The number of rotatable bonds is 8. The number of hydrogen-bond donors (Lipinski definition) is 2. The first-order valence-electron chi connectivity index (χ1n) is 7.03. The molecule has 1 aromatic carbocycles. The number of nitrogens with one attached hydrogen (secondary N) is 1. The van der Waals surface area contributed by atoms with Gasteiger partial charge in [0.1, 0.15) is 5.82 Å². The van der Waals surface area contributed by atoms with E-state index in [1.807, 2.05) is 6.07 Å². The largest absolute Gasteiger partial charge is 0.271 e. The van der Waals surface area contributed by atoms with Crippen LogP contribution in [-0.2, 0) is 0 Å². The van der Waals surface area contributed by atoms with E-state index in [9.17, 15) is 4.39 Å². The summed E-state index contributed by atoms with van der Waals surface area (Å²) >= 11 is 3.38. The lowest BCUT2D eigenvalue weighted by Crippen LogP contribution is -2.30. The predicted octanol–water partition coefficient (Wildman–Crippen LogP) is 4.70. The van der Waals surface area contributed by atoms with Crippen LogP contribution in [0.5, 0.6) is 0 Å². The molecule has 1 rings (SSSR count). The Kier molecular flexibility index (Phi) is 7.57. The molecule has 2 atom stereocenters. The summed E-state index contributed by atoms with van der Waals surface area (Å²) in [6, 6.07) is 4.88. The topological polar surface area (TPSA) is 38.0 Å². The van der Waals surface area contributed by atoms with Crippen molar-refractivity contribution in [3.8, 4) is 0 Å². The lowest BCUT2D eigenvalue weighted by Gasteiger charge is -2.23. The van der Waals surface area contributed by atoms with Crippen LogP contribution < -0.4 is 11.3 Å². The molecule has 0 fully saturated rings. The second-order valence-electron chi connectivity index (χ2n) is 5.04. The van der Waals surface area contributed by atoms with E-state index in [4.69, 9.17) is 5.84 Å². The average Bonchev–Trinajstić information content (AvgIpc) is 2.42. The van der Waals surface area contributed by atoms with E-state index in [1.165, 1.54) is 25.3 Å². The summed E-state index contributed by atoms with van der Waals surface area (Å²) < 4.78 is 14.8. The normalized spacial score (nSPS) is 14.4. The Morgan fingerprint density at radius 1 is 1.37 bits per heavy atom. The van der Waals surface area contributed by atoms with E-state index in [0.717, 1.165) is 17.3 Å². The van der Waals surface area contributed by atoms with E-state index >= 15 is 0 Å². The third-order valence-corrected chi connectivity index (χ3v) is 4.14. The molecule has 0 aliphatic carbocycles. The van der Waals surface area contributed by atoms with Gasteiger partial charge < -0.3 is 0 Å². The molecule has 2 nitrogen and oxygen atoms in total. The maximum Gasteiger partial charge on any atom is 0.128 e. The molecule has 0 radical (unpaired) electrons. The maximum atomic E-state index is 13.9. The highest BCUT2D eigenvalue weighted by Crippen LogP contribution is 2.29. The van der Waals surface area contributed by atoms with E-state index in [-0.39, 0.29) is 11.9 Å². The van der Waals surface area contributed by atoms with Crippen molar-refractivity contribution < 1.29 is 4.39 Å². The predicted molar refractivity (Wildman–Crippen MR) is 82.1 cm³/mol. The third-order valence-electron chi connectivity index (χ3n) is 3.65. The summed E-state index contributed by atoms with van der Waals surface area (Å²) in [5.41, 5.74) is 3.41. The first-order valence-corrected chi connectivity index (χ1v) is 7.82. The summed E-state index contributed by atoms with van der Waals surface area (Å²) in [7, 11) is 0. The van der Waals surface area contributed by atoms with Crippen LogP contribution in [-0.4, -0.2) is 0 Å². The van der Waals surface area contributed by atoms with Crippen LogP contribution >= 0.6 is 15.9 Å². The van der Waals surface area contributed by atoms with E-state index in [1.54, 1.807) is 6.07 Å². The molecule has 0 spiro atoms. The Labute approximate surface area is 124 Å². The number of hydrogen-bond acceptors (Lipinski definition) is 2. The van der Waals surface area contributed by atoms with E-state index in [2.05, 4.69) is 35.2 Å². The van der Waals surface area contributed by atoms with Crippen LogP contribution in [0.15, 0.2) is 22.7 Å². The van der Waals surface area contributed by atoms with Crippen molar-refractivity contribution in [1.82, 2.24) is 5.43 Å². The summed E-state index contributed by atoms with van der Waals surface area (Å²) in [6.07, 6.45) is 5.58. The molecule has 0 bridgehead atoms. The SMILES string of the molecule is CCCCC(CC)CC(NN)c1cc(Br)ccc1F.